The second-order valence-electron chi connectivity index (χ2n) is 5.00. The number of rotatable bonds is 2. The lowest BCUT2D eigenvalue weighted by atomic mass is 10.1. The number of carbonyl (C=O) groups is 1. The van der Waals surface area contributed by atoms with Gasteiger partial charge in [-0.3, -0.25) is 13.9 Å². The minimum Gasteiger partial charge on any atom is -0.295 e. The van der Waals surface area contributed by atoms with Gasteiger partial charge in [0.2, 0.25) is 5.78 Å². The van der Waals surface area contributed by atoms with E-state index in [0.29, 0.717) is 15.5 Å². The second kappa shape index (κ2) is 4.86. The van der Waals surface area contributed by atoms with E-state index >= 15 is 0 Å². The highest BCUT2D eigenvalue weighted by Gasteiger charge is 2.18. The summed E-state index contributed by atoms with van der Waals surface area (Å²) in [7, 11) is 3.41. The first-order valence-corrected chi connectivity index (χ1v) is 7.61. The molecule has 1 aromatic carbocycles. The molecule has 6 heteroatoms. The van der Waals surface area contributed by atoms with Crippen LogP contribution in [0.1, 0.15) is 20.8 Å². The van der Waals surface area contributed by atoms with Crippen LogP contribution >= 0.6 is 22.9 Å². The molecular formula is C15H13ClN2O2S. The van der Waals surface area contributed by atoms with E-state index in [0.717, 1.165) is 16.6 Å². The number of imidazole rings is 1. The quantitative estimate of drug-likeness (QED) is 0.681. The van der Waals surface area contributed by atoms with Gasteiger partial charge in [-0.25, -0.2) is 4.79 Å². The molecule has 3 aromatic rings. The smallest absolute Gasteiger partial charge is 0.295 e. The second-order valence-corrected chi connectivity index (χ2v) is 6.25. The molecule has 0 aliphatic rings. The fourth-order valence-corrected chi connectivity index (χ4v) is 3.60. The molecule has 0 amide bonds. The van der Waals surface area contributed by atoms with Crippen LogP contribution in [-0.4, -0.2) is 14.9 Å². The summed E-state index contributed by atoms with van der Waals surface area (Å²) < 4.78 is 3.10. The van der Waals surface area contributed by atoms with E-state index in [4.69, 9.17) is 11.6 Å². The third-order valence-corrected chi connectivity index (χ3v) is 5.34. The fraction of sp³-hybridized carbons (Fsp3) is 0.200. The molecule has 2 heterocycles. The fourth-order valence-electron chi connectivity index (χ4n) is 2.36. The summed E-state index contributed by atoms with van der Waals surface area (Å²) in [6.07, 6.45) is 0. The van der Waals surface area contributed by atoms with Gasteiger partial charge in [0.05, 0.1) is 20.9 Å². The molecule has 0 bridgehead atoms. The van der Waals surface area contributed by atoms with Crippen LogP contribution in [0.4, 0.5) is 0 Å². The molecule has 108 valence electrons. The number of aromatic nitrogens is 2. The number of benzene rings is 1. The number of aryl methyl sites for hydroxylation is 3. The summed E-state index contributed by atoms with van der Waals surface area (Å²) in [6.45, 7) is 1.87. The summed E-state index contributed by atoms with van der Waals surface area (Å²) in [6, 6.07) is 5.26. The Bertz CT molecular complexity index is 933. The van der Waals surface area contributed by atoms with E-state index in [-0.39, 0.29) is 11.5 Å². The minimum atomic E-state index is -0.115. The van der Waals surface area contributed by atoms with Crippen LogP contribution in [-0.2, 0) is 14.1 Å². The van der Waals surface area contributed by atoms with Gasteiger partial charge in [0, 0.05) is 19.7 Å². The molecule has 0 radical (unpaired) electrons. The number of thiophene rings is 1. The van der Waals surface area contributed by atoms with E-state index in [2.05, 4.69) is 0 Å². The van der Waals surface area contributed by atoms with Crippen molar-refractivity contribution in [3.05, 3.63) is 55.1 Å². The Morgan fingerprint density at radius 2 is 1.86 bits per heavy atom. The summed E-state index contributed by atoms with van der Waals surface area (Å²) in [5.41, 5.74) is 2.86. The molecule has 0 atom stereocenters. The van der Waals surface area contributed by atoms with Gasteiger partial charge < -0.3 is 0 Å². The Morgan fingerprint density at radius 1 is 1.19 bits per heavy atom. The molecule has 0 unspecified atom stereocenters. The lowest BCUT2D eigenvalue weighted by molar-refractivity contribution is 0.104. The predicted molar refractivity (Wildman–Crippen MR) is 85.7 cm³/mol. The normalized spacial score (nSPS) is 11.2. The predicted octanol–water partition coefficient (Wildman–Crippen LogP) is 3.13. The van der Waals surface area contributed by atoms with Gasteiger partial charge in [-0.15, -0.1) is 11.3 Å². The topological polar surface area (TPSA) is 44.0 Å². The molecule has 3 rings (SSSR count). The summed E-state index contributed by atoms with van der Waals surface area (Å²) in [4.78, 5) is 25.0. The van der Waals surface area contributed by atoms with E-state index in [1.54, 1.807) is 36.9 Å². The Morgan fingerprint density at radius 3 is 2.48 bits per heavy atom. The first-order valence-electron chi connectivity index (χ1n) is 6.35. The third kappa shape index (κ3) is 2.04. The number of carbonyl (C=O) groups excluding carboxylic acids is 1. The molecule has 0 spiro atoms. The molecule has 0 saturated heterocycles. The number of halogens is 1. The monoisotopic (exact) mass is 320 g/mol. The lowest BCUT2D eigenvalue weighted by Gasteiger charge is -2.01. The van der Waals surface area contributed by atoms with Crippen molar-refractivity contribution in [2.75, 3.05) is 0 Å². The van der Waals surface area contributed by atoms with Crippen molar-refractivity contribution in [2.24, 2.45) is 14.1 Å². The standard InChI is InChI=1S/C15H13ClN2O2S/c1-8-7-21-14(12(8)16)13(19)9-4-5-10-11(6-9)18(3)15(20)17(10)2/h4-7H,1-3H3. The van der Waals surface area contributed by atoms with Crippen LogP contribution < -0.4 is 5.69 Å². The van der Waals surface area contributed by atoms with Crippen LogP contribution in [0.25, 0.3) is 11.0 Å². The van der Waals surface area contributed by atoms with Crippen LogP contribution in [0.2, 0.25) is 5.02 Å². The van der Waals surface area contributed by atoms with E-state index < -0.39 is 0 Å². The Labute approximate surface area is 130 Å². The maximum Gasteiger partial charge on any atom is 0.328 e. The molecule has 0 aliphatic heterocycles. The Hall–Kier alpha value is -1.85. The molecular weight excluding hydrogens is 308 g/mol. The zero-order valence-electron chi connectivity index (χ0n) is 11.8. The average molecular weight is 321 g/mol. The van der Waals surface area contributed by atoms with Gasteiger partial charge in [-0.1, -0.05) is 11.6 Å². The lowest BCUT2D eigenvalue weighted by Crippen LogP contribution is -2.19. The highest BCUT2D eigenvalue weighted by atomic mass is 35.5. The van der Waals surface area contributed by atoms with Crippen LogP contribution in [0.3, 0.4) is 0 Å². The van der Waals surface area contributed by atoms with Gasteiger partial charge in [0.25, 0.3) is 0 Å². The molecule has 21 heavy (non-hydrogen) atoms. The van der Waals surface area contributed by atoms with Crippen molar-refractivity contribution < 1.29 is 4.79 Å². The SMILES string of the molecule is Cc1csc(C(=O)c2ccc3c(c2)n(C)c(=O)n3C)c1Cl. The zero-order valence-corrected chi connectivity index (χ0v) is 13.4. The Kier molecular flexibility index (Phi) is 3.26. The van der Waals surface area contributed by atoms with Crippen molar-refractivity contribution in [1.82, 2.24) is 9.13 Å². The number of fused-ring (bicyclic) bond motifs is 1. The zero-order chi connectivity index (χ0) is 15.3. The van der Waals surface area contributed by atoms with Crippen molar-refractivity contribution in [1.29, 1.82) is 0 Å². The number of nitrogens with zero attached hydrogens (tertiary/aromatic N) is 2. The molecule has 0 aliphatic carbocycles. The van der Waals surface area contributed by atoms with Crippen LogP contribution in [0, 0.1) is 6.92 Å². The van der Waals surface area contributed by atoms with E-state index in [1.165, 1.54) is 15.9 Å². The largest absolute Gasteiger partial charge is 0.328 e. The summed E-state index contributed by atoms with van der Waals surface area (Å²) >= 11 is 7.50. The van der Waals surface area contributed by atoms with Crippen molar-refractivity contribution >= 4 is 39.8 Å². The number of ketones is 1. The number of hydrogen-bond donors (Lipinski definition) is 0. The maximum absolute atomic E-state index is 12.6. The van der Waals surface area contributed by atoms with Crippen molar-refractivity contribution in [3.63, 3.8) is 0 Å². The van der Waals surface area contributed by atoms with Gasteiger partial charge in [0.1, 0.15) is 0 Å². The molecule has 4 nitrogen and oxygen atoms in total. The van der Waals surface area contributed by atoms with Crippen LogP contribution in [0.5, 0.6) is 0 Å². The molecule has 2 aromatic heterocycles. The Balaban J connectivity index is 2.18. The highest BCUT2D eigenvalue weighted by molar-refractivity contribution is 7.13. The first kappa shape index (κ1) is 14.1. The molecule has 0 fully saturated rings. The maximum atomic E-state index is 12.6. The minimum absolute atomic E-state index is 0.111. The first-order chi connectivity index (χ1) is 9.91. The van der Waals surface area contributed by atoms with Gasteiger partial charge in [-0.2, -0.15) is 0 Å². The van der Waals surface area contributed by atoms with Gasteiger partial charge in [0.15, 0.2) is 0 Å². The molecule has 0 N–H and O–H groups in total. The van der Waals surface area contributed by atoms with E-state index in [9.17, 15) is 9.59 Å². The molecule has 0 saturated carbocycles. The van der Waals surface area contributed by atoms with Crippen LogP contribution in [0.15, 0.2) is 28.4 Å². The average Bonchev–Trinajstić information content (AvgIpc) is 2.92. The van der Waals surface area contributed by atoms with E-state index in [1.807, 2.05) is 12.3 Å². The summed E-state index contributed by atoms with van der Waals surface area (Å²) in [5.74, 6) is -0.115. The summed E-state index contributed by atoms with van der Waals surface area (Å²) in [5, 5.41) is 2.37. The third-order valence-electron chi connectivity index (χ3n) is 3.64. The van der Waals surface area contributed by atoms with Crippen molar-refractivity contribution in [3.8, 4) is 0 Å². The van der Waals surface area contributed by atoms with Gasteiger partial charge in [-0.05, 0) is 36.1 Å². The van der Waals surface area contributed by atoms with Gasteiger partial charge >= 0.3 is 5.69 Å². The number of hydrogen-bond acceptors (Lipinski definition) is 3. The van der Waals surface area contributed by atoms with Crippen molar-refractivity contribution in [2.45, 2.75) is 6.92 Å². The highest BCUT2D eigenvalue weighted by Crippen LogP contribution is 2.29.